The molecule has 2 rings (SSSR count). The number of hydrogen-bond acceptors (Lipinski definition) is 3. The maximum atomic E-state index is 10.1. The normalized spacial score (nSPS) is 22.4. The van der Waals surface area contributed by atoms with E-state index in [1.807, 2.05) is 36.0 Å². The molecule has 0 bridgehead atoms. The Labute approximate surface area is 112 Å². The van der Waals surface area contributed by atoms with Gasteiger partial charge in [-0.1, -0.05) is 29.8 Å². The minimum Gasteiger partial charge on any atom is -0.387 e. The van der Waals surface area contributed by atoms with Gasteiger partial charge in [0.05, 0.1) is 6.10 Å². The van der Waals surface area contributed by atoms with Gasteiger partial charge in [-0.2, -0.15) is 11.8 Å². The Hall–Kier alpha value is -0.220. The first-order valence-electron chi connectivity index (χ1n) is 6.01. The molecule has 1 aliphatic heterocycles. The summed E-state index contributed by atoms with van der Waals surface area (Å²) in [6.07, 6.45) is 1.96. The lowest BCUT2D eigenvalue weighted by Gasteiger charge is -2.24. The molecule has 1 aromatic carbocycles. The summed E-state index contributed by atoms with van der Waals surface area (Å²) < 4.78 is 0. The van der Waals surface area contributed by atoms with Gasteiger partial charge in [0.1, 0.15) is 0 Å². The molecule has 94 valence electrons. The van der Waals surface area contributed by atoms with Crippen molar-refractivity contribution in [3.63, 3.8) is 0 Å². The maximum Gasteiger partial charge on any atom is 0.0928 e. The summed E-state index contributed by atoms with van der Waals surface area (Å²) in [6, 6.07) is 8.01. The van der Waals surface area contributed by atoms with Gasteiger partial charge in [-0.05, 0) is 24.7 Å². The van der Waals surface area contributed by atoms with E-state index in [4.69, 9.17) is 11.6 Å². The highest BCUT2D eigenvalue weighted by Crippen LogP contribution is 2.23. The van der Waals surface area contributed by atoms with Crippen molar-refractivity contribution in [2.45, 2.75) is 25.0 Å². The number of aliphatic hydroxyl groups is 1. The summed E-state index contributed by atoms with van der Waals surface area (Å²) in [7, 11) is 0. The molecule has 0 aliphatic carbocycles. The predicted octanol–water partition coefficient (Wildman–Crippen LogP) is 2.86. The first-order chi connectivity index (χ1) is 8.27. The van der Waals surface area contributed by atoms with Gasteiger partial charge in [-0.3, -0.25) is 0 Å². The molecular formula is C13H18ClNOS. The minimum absolute atomic E-state index is 0.518. The molecule has 1 fully saturated rings. The van der Waals surface area contributed by atoms with Gasteiger partial charge < -0.3 is 10.4 Å². The molecule has 4 heteroatoms. The monoisotopic (exact) mass is 271 g/mol. The molecule has 1 heterocycles. The number of benzene rings is 1. The van der Waals surface area contributed by atoms with E-state index in [0.29, 0.717) is 17.6 Å². The van der Waals surface area contributed by atoms with Crippen LogP contribution >= 0.6 is 23.4 Å². The molecule has 2 nitrogen and oxygen atoms in total. The third-order valence-electron chi connectivity index (χ3n) is 3.02. The summed E-state index contributed by atoms with van der Waals surface area (Å²) in [5.41, 5.74) is 0.810. The average molecular weight is 272 g/mol. The molecular weight excluding hydrogens is 254 g/mol. The maximum absolute atomic E-state index is 10.1. The molecule has 0 spiro atoms. The highest BCUT2D eigenvalue weighted by Gasteiger charge is 2.16. The Morgan fingerprint density at radius 3 is 3.00 bits per heavy atom. The number of hydrogen-bond donors (Lipinski definition) is 2. The zero-order chi connectivity index (χ0) is 12.1. The fourth-order valence-corrected chi connectivity index (χ4v) is 3.40. The van der Waals surface area contributed by atoms with Crippen LogP contribution in [0.15, 0.2) is 24.3 Å². The second-order valence-corrected chi connectivity index (χ2v) is 5.92. The number of halogens is 1. The Morgan fingerprint density at radius 2 is 2.29 bits per heavy atom. The lowest BCUT2D eigenvalue weighted by Crippen LogP contribution is -2.36. The predicted molar refractivity (Wildman–Crippen MR) is 74.8 cm³/mol. The number of thioether (sulfide) groups is 1. The molecule has 0 aromatic heterocycles. The number of aliphatic hydroxyl groups excluding tert-OH is 1. The van der Waals surface area contributed by atoms with Crippen LogP contribution in [0, 0.1) is 0 Å². The van der Waals surface area contributed by atoms with Crippen LogP contribution in [0.5, 0.6) is 0 Å². The second-order valence-electron chi connectivity index (χ2n) is 4.36. The SMILES string of the molecule is O[C@@H](CN[C@H]1CCCSC1)c1ccccc1Cl. The molecule has 1 aromatic rings. The van der Waals surface area contributed by atoms with Gasteiger partial charge >= 0.3 is 0 Å². The Bertz CT molecular complexity index is 355. The van der Waals surface area contributed by atoms with Crippen LogP contribution < -0.4 is 5.32 Å². The van der Waals surface area contributed by atoms with Crippen molar-refractivity contribution in [2.75, 3.05) is 18.1 Å². The first-order valence-corrected chi connectivity index (χ1v) is 7.54. The van der Waals surface area contributed by atoms with E-state index in [9.17, 15) is 5.11 Å². The van der Waals surface area contributed by atoms with E-state index in [1.54, 1.807) is 0 Å². The van der Waals surface area contributed by atoms with E-state index in [-0.39, 0.29) is 0 Å². The molecule has 2 atom stereocenters. The van der Waals surface area contributed by atoms with Crippen molar-refractivity contribution in [3.05, 3.63) is 34.9 Å². The van der Waals surface area contributed by atoms with Gasteiger partial charge in [0.25, 0.3) is 0 Å². The average Bonchev–Trinajstić information content (AvgIpc) is 2.38. The molecule has 1 saturated heterocycles. The lowest BCUT2D eigenvalue weighted by atomic mass is 10.1. The number of nitrogens with one attached hydrogen (secondary N) is 1. The van der Waals surface area contributed by atoms with Crippen molar-refractivity contribution in [1.82, 2.24) is 5.32 Å². The largest absolute Gasteiger partial charge is 0.387 e. The zero-order valence-electron chi connectivity index (χ0n) is 9.73. The van der Waals surface area contributed by atoms with Crippen molar-refractivity contribution in [3.8, 4) is 0 Å². The van der Waals surface area contributed by atoms with Crippen LogP contribution in [0.3, 0.4) is 0 Å². The van der Waals surface area contributed by atoms with E-state index < -0.39 is 6.10 Å². The van der Waals surface area contributed by atoms with Gasteiger partial charge in [-0.15, -0.1) is 0 Å². The Morgan fingerprint density at radius 1 is 1.47 bits per heavy atom. The van der Waals surface area contributed by atoms with Crippen LogP contribution in [0.25, 0.3) is 0 Å². The van der Waals surface area contributed by atoms with Gasteiger partial charge in [0, 0.05) is 28.9 Å². The van der Waals surface area contributed by atoms with Gasteiger partial charge in [-0.25, -0.2) is 0 Å². The minimum atomic E-state index is -0.518. The molecule has 1 aliphatic rings. The molecule has 17 heavy (non-hydrogen) atoms. The van der Waals surface area contributed by atoms with Crippen molar-refractivity contribution in [2.24, 2.45) is 0 Å². The molecule has 0 radical (unpaired) electrons. The summed E-state index contributed by atoms with van der Waals surface area (Å²) in [5.74, 6) is 2.42. The highest BCUT2D eigenvalue weighted by molar-refractivity contribution is 7.99. The van der Waals surface area contributed by atoms with E-state index in [1.165, 1.54) is 18.6 Å². The standard InChI is InChI=1S/C13H18ClNOS/c14-12-6-2-1-5-11(12)13(16)8-15-10-4-3-7-17-9-10/h1-2,5-6,10,13,15-16H,3-4,7-9H2/t10-,13-/m0/s1. The quantitative estimate of drug-likeness (QED) is 0.883. The summed E-state index contributed by atoms with van der Waals surface area (Å²) in [6.45, 7) is 0.578. The highest BCUT2D eigenvalue weighted by atomic mass is 35.5. The summed E-state index contributed by atoms with van der Waals surface area (Å²) >= 11 is 8.03. The molecule has 2 N–H and O–H groups in total. The van der Waals surface area contributed by atoms with Crippen LogP contribution in [-0.4, -0.2) is 29.2 Å². The Kier molecular flexibility index (Phi) is 5.16. The van der Waals surface area contributed by atoms with Crippen LogP contribution in [0.4, 0.5) is 0 Å². The topological polar surface area (TPSA) is 32.3 Å². The third-order valence-corrected chi connectivity index (χ3v) is 4.58. The van der Waals surface area contributed by atoms with Crippen LogP contribution in [0.1, 0.15) is 24.5 Å². The summed E-state index contributed by atoms with van der Waals surface area (Å²) in [5, 5.41) is 14.1. The zero-order valence-corrected chi connectivity index (χ0v) is 11.3. The van der Waals surface area contributed by atoms with Crippen LogP contribution in [0.2, 0.25) is 5.02 Å². The lowest BCUT2D eigenvalue weighted by molar-refractivity contribution is 0.170. The van der Waals surface area contributed by atoms with E-state index in [2.05, 4.69) is 5.32 Å². The van der Waals surface area contributed by atoms with E-state index >= 15 is 0 Å². The molecule has 0 amide bonds. The van der Waals surface area contributed by atoms with Crippen molar-refractivity contribution < 1.29 is 5.11 Å². The fraction of sp³-hybridized carbons (Fsp3) is 0.538. The number of rotatable bonds is 4. The van der Waals surface area contributed by atoms with Crippen molar-refractivity contribution in [1.29, 1.82) is 0 Å². The Balaban J connectivity index is 1.84. The van der Waals surface area contributed by atoms with Gasteiger partial charge in [0.2, 0.25) is 0 Å². The smallest absolute Gasteiger partial charge is 0.0928 e. The molecule has 0 saturated carbocycles. The van der Waals surface area contributed by atoms with E-state index in [0.717, 1.165) is 11.3 Å². The summed E-state index contributed by atoms with van der Waals surface area (Å²) in [4.78, 5) is 0. The molecule has 0 unspecified atom stereocenters. The first kappa shape index (κ1) is 13.2. The third kappa shape index (κ3) is 3.88. The van der Waals surface area contributed by atoms with Crippen LogP contribution in [-0.2, 0) is 0 Å². The fourth-order valence-electron chi connectivity index (χ4n) is 2.04. The van der Waals surface area contributed by atoms with Crippen molar-refractivity contribution >= 4 is 23.4 Å². The second kappa shape index (κ2) is 6.64. The van der Waals surface area contributed by atoms with Gasteiger partial charge in [0.15, 0.2) is 0 Å².